The van der Waals surface area contributed by atoms with E-state index in [9.17, 15) is 0 Å². The monoisotopic (exact) mass is 747 g/mol. The largest absolute Gasteiger partial charge is 0.456 e. The van der Waals surface area contributed by atoms with E-state index in [1.54, 1.807) is 0 Å². The summed E-state index contributed by atoms with van der Waals surface area (Å²) in [6.07, 6.45) is 1.90. The summed E-state index contributed by atoms with van der Waals surface area (Å²) in [4.78, 5) is 4.72. The third-order valence-corrected chi connectivity index (χ3v) is 11.9. The van der Waals surface area contributed by atoms with Crippen molar-refractivity contribution in [3.05, 3.63) is 91.1 Å². The van der Waals surface area contributed by atoms with Gasteiger partial charge in [-0.05, 0) is 27.7 Å². The van der Waals surface area contributed by atoms with E-state index in [1.165, 1.54) is 10.4 Å². The van der Waals surface area contributed by atoms with Gasteiger partial charge in [0, 0.05) is 59.5 Å². The number of furan rings is 2. The topological polar surface area (TPSA) is 39.2 Å². The summed E-state index contributed by atoms with van der Waals surface area (Å²) >= 11 is 0. The molecule has 3 nitrogen and oxygen atoms in total. The van der Waals surface area contributed by atoms with E-state index in [2.05, 4.69) is 106 Å². The molecule has 1 radical (unpaired) electrons. The first kappa shape index (κ1) is 27.9. The number of hydrogen-bond donors (Lipinski definition) is 0. The maximum absolute atomic E-state index is 6.75. The van der Waals surface area contributed by atoms with Gasteiger partial charge in [0.1, 0.15) is 22.3 Å². The van der Waals surface area contributed by atoms with E-state index in [-0.39, 0.29) is 20.1 Å². The SMILES string of the molecule is C[Si](C)(C)c1cccc2c1oc1cc3oc4c([Si](C)(C)C)cccc4c3c(-c3ccnc(-c4[c-]cccc4)c3)c12.[Ir]. The van der Waals surface area contributed by atoms with Gasteiger partial charge < -0.3 is 13.8 Å². The molecule has 0 bridgehead atoms. The van der Waals surface area contributed by atoms with Crippen molar-refractivity contribution in [2.45, 2.75) is 39.3 Å². The number of fused-ring (bicyclic) bond motifs is 6. The minimum absolute atomic E-state index is 0. The zero-order valence-corrected chi connectivity index (χ0v) is 28.6. The first-order chi connectivity index (χ1) is 19.1. The molecule has 3 heterocycles. The van der Waals surface area contributed by atoms with E-state index in [4.69, 9.17) is 13.8 Å². The zero-order valence-electron chi connectivity index (χ0n) is 24.2. The Kier molecular flexibility index (Phi) is 6.74. The van der Waals surface area contributed by atoms with Crippen LogP contribution in [0.3, 0.4) is 0 Å². The Morgan fingerprint density at radius 2 is 1.24 bits per heavy atom. The Morgan fingerprint density at radius 1 is 0.659 bits per heavy atom. The molecule has 207 valence electrons. The minimum Gasteiger partial charge on any atom is -0.456 e. The molecular weight excluding hydrogens is 715 g/mol. The molecule has 7 aromatic rings. The number of para-hydroxylation sites is 2. The van der Waals surface area contributed by atoms with E-state index in [0.29, 0.717) is 0 Å². The molecule has 0 N–H and O–H groups in total. The summed E-state index contributed by atoms with van der Waals surface area (Å²) in [6, 6.07) is 31.0. The van der Waals surface area contributed by atoms with Gasteiger partial charge in [-0.15, -0.1) is 35.9 Å². The summed E-state index contributed by atoms with van der Waals surface area (Å²) in [5, 5.41) is 7.27. The molecular formula is C35H32IrNO2Si2-. The predicted octanol–water partition coefficient (Wildman–Crippen LogP) is 9.10. The standard InChI is InChI=1S/C35H32NO2Si2.Ir/c1-39(2,3)29-16-10-14-24-32-27(37-34(24)29)21-28-33(25-15-11-17-30(35(25)38-28)40(4,5)6)31(32)23-18-19-36-26(20-23)22-12-8-7-9-13-22;/h7-12,14-21H,1-6H3;/q-1;. The Hall–Kier alpha value is -3.29. The molecule has 7 rings (SSSR count). The van der Waals surface area contributed by atoms with E-state index < -0.39 is 16.1 Å². The molecule has 0 fully saturated rings. The van der Waals surface area contributed by atoms with Crippen LogP contribution in [0.2, 0.25) is 39.3 Å². The van der Waals surface area contributed by atoms with Crippen molar-refractivity contribution in [2.24, 2.45) is 0 Å². The van der Waals surface area contributed by atoms with E-state index in [0.717, 1.165) is 66.3 Å². The molecule has 4 aromatic carbocycles. The molecule has 41 heavy (non-hydrogen) atoms. The van der Waals surface area contributed by atoms with Crippen LogP contribution >= 0.6 is 0 Å². The Bertz CT molecular complexity index is 1970. The van der Waals surface area contributed by atoms with Crippen LogP contribution in [0.15, 0.2) is 93.9 Å². The molecule has 0 saturated heterocycles. The second-order valence-electron chi connectivity index (χ2n) is 12.8. The normalized spacial score (nSPS) is 12.4. The molecule has 0 amide bonds. The summed E-state index contributed by atoms with van der Waals surface area (Å²) in [6.45, 7) is 14.2. The van der Waals surface area contributed by atoms with Gasteiger partial charge >= 0.3 is 0 Å². The van der Waals surface area contributed by atoms with Gasteiger partial charge in [-0.1, -0.05) is 81.7 Å². The van der Waals surface area contributed by atoms with Crippen LogP contribution in [0.4, 0.5) is 0 Å². The van der Waals surface area contributed by atoms with Crippen LogP contribution in [0.1, 0.15) is 0 Å². The van der Waals surface area contributed by atoms with Gasteiger partial charge in [-0.25, -0.2) is 0 Å². The zero-order chi connectivity index (χ0) is 27.8. The molecule has 0 aliphatic rings. The molecule has 3 aromatic heterocycles. The van der Waals surface area contributed by atoms with Crippen molar-refractivity contribution >= 4 is 70.4 Å². The Morgan fingerprint density at radius 3 is 1.76 bits per heavy atom. The second kappa shape index (κ2) is 9.92. The van der Waals surface area contributed by atoms with Crippen molar-refractivity contribution in [3.63, 3.8) is 0 Å². The molecule has 0 saturated carbocycles. The molecule has 0 atom stereocenters. The van der Waals surface area contributed by atoms with Gasteiger partial charge in [0.05, 0.1) is 16.1 Å². The summed E-state index contributed by atoms with van der Waals surface area (Å²) < 4.78 is 13.5. The number of hydrogen-bond acceptors (Lipinski definition) is 3. The average Bonchev–Trinajstić information content (AvgIpc) is 3.49. The van der Waals surface area contributed by atoms with Gasteiger partial charge in [0.25, 0.3) is 0 Å². The number of pyridine rings is 1. The smallest absolute Gasteiger partial charge is 0.139 e. The van der Waals surface area contributed by atoms with Crippen LogP contribution in [0, 0.1) is 6.07 Å². The maximum Gasteiger partial charge on any atom is 0.139 e. The molecule has 6 heteroatoms. The Balaban J connectivity index is 0.00000302. The van der Waals surface area contributed by atoms with Crippen LogP contribution in [0.5, 0.6) is 0 Å². The number of rotatable bonds is 4. The van der Waals surface area contributed by atoms with Crippen LogP contribution in [-0.2, 0) is 20.1 Å². The Labute approximate surface area is 256 Å². The second-order valence-corrected chi connectivity index (χ2v) is 22.8. The van der Waals surface area contributed by atoms with Crippen molar-refractivity contribution in [2.75, 3.05) is 0 Å². The fourth-order valence-corrected chi connectivity index (χ4v) is 8.92. The summed E-state index contributed by atoms with van der Waals surface area (Å²) in [5.74, 6) is 0. The average molecular weight is 747 g/mol. The third-order valence-electron chi connectivity index (χ3n) is 7.90. The van der Waals surface area contributed by atoms with Crippen molar-refractivity contribution < 1.29 is 28.9 Å². The molecule has 0 aliphatic carbocycles. The summed E-state index contributed by atoms with van der Waals surface area (Å²) in [7, 11) is -3.31. The quantitative estimate of drug-likeness (QED) is 0.133. The van der Waals surface area contributed by atoms with Crippen LogP contribution < -0.4 is 10.4 Å². The number of aromatic nitrogens is 1. The van der Waals surface area contributed by atoms with Gasteiger partial charge in [0.2, 0.25) is 0 Å². The minimum atomic E-state index is -1.65. The molecule has 0 aliphatic heterocycles. The van der Waals surface area contributed by atoms with Crippen LogP contribution in [0.25, 0.3) is 66.3 Å². The number of nitrogens with zero attached hydrogens (tertiary/aromatic N) is 1. The first-order valence-corrected chi connectivity index (χ1v) is 20.9. The summed E-state index contributed by atoms with van der Waals surface area (Å²) in [5.41, 5.74) is 7.85. The van der Waals surface area contributed by atoms with Crippen LogP contribution in [-0.4, -0.2) is 21.1 Å². The van der Waals surface area contributed by atoms with Gasteiger partial charge in [0.15, 0.2) is 0 Å². The third kappa shape index (κ3) is 4.54. The first-order valence-electron chi connectivity index (χ1n) is 13.9. The fourth-order valence-electron chi connectivity index (χ4n) is 5.99. The van der Waals surface area contributed by atoms with Crippen molar-refractivity contribution in [1.29, 1.82) is 0 Å². The fraction of sp³-hybridized carbons (Fsp3) is 0.171. The molecule has 0 spiro atoms. The van der Waals surface area contributed by atoms with Crippen molar-refractivity contribution in [1.82, 2.24) is 4.98 Å². The van der Waals surface area contributed by atoms with Crippen molar-refractivity contribution in [3.8, 4) is 22.4 Å². The predicted molar refractivity (Wildman–Crippen MR) is 174 cm³/mol. The molecule has 0 unspecified atom stereocenters. The number of benzene rings is 4. The van der Waals surface area contributed by atoms with E-state index in [1.807, 2.05) is 24.4 Å². The maximum atomic E-state index is 6.75. The van der Waals surface area contributed by atoms with Gasteiger partial charge in [-0.2, -0.15) is 0 Å². The van der Waals surface area contributed by atoms with Gasteiger partial charge in [-0.3, -0.25) is 0 Å². The van der Waals surface area contributed by atoms with E-state index >= 15 is 0 Å².